The lowest BCUT2D eigenvalue weighted by Crippen LogP contribution is -2.19. The Morgan fingerprint density at radius 2 is 1.64 bits per heavy atom. The van der Waals surface area contributed by atoms with Crippen molar-refractivity contribution in [3.63, 3.8) is 0 Å². The average molecular weight is 350 g/mol. The number of nitrogen functional groups attached to an aromatic ring is 1. The van der Waals surface area contributed by atoms with Gasteiger partial charge < -0.3 is 15.6 Å². The molecule has 0 aliphatic rings. The summed E-state index contributed by atoms with van der Waals surface area (Å²) in [6.07, 6.45) is 8.71. The maximum atomic E-state index is 10.7. The van der Waals surface area contributed by atoms with Crippen molar-refractivity contribution in [2.24, 2.45) is 5.41 Å². The van der Waals surface area contributed by atoms with Crippen molar-refractivity contribution in [2.75, 3.05) is 12.3 Å². The zero-order valence-electron chi connectivity index (χ0n) is 17.0. The minimum atomic E-state index is -0.573. The minimum absolute atomic E-state index is 0.239. The number of nitrogens with two attached hydrogens (primary N) is 1. The highest BCUT2D eigenvalue weighted by molar-refractivity contribution is 5.56. The SMILES string of the molecule is CCCCCCc1cc(C(O)C(C)(C)C)c(N)cc1OCCCCC. The Balaban J connectivity index is 2.98. The normalized spacial score (nSPS) is 13.0. The van der Waals surface area contributed by atoms with Gasteiger partial charge in [-0.15, -0.1) is 0 Å². The van der Waals surface area contributed by atoms with Gasteiger partial charge in [0.25, 0.3) is 0 Å². The maximum absolute atomic E-state index is 10.7. The Hall–Kier alpha value is -1.22. The van der Waals surface area contributed by atoms with Crippen molar-refractivity contribution in [3.8, 4) is 5.75 Å². The standard InChI is InChI=1S/C22H39NO2/c1-6-8-10-11-13-17-15-18(21(24)22(3,4)5)19(23)16-20(17)25-14-12-9-7-2/h15-16,21,24H,6-14,23H2,1-5H3. The van der Waals surface area contributed by atoms with E-state index in [1.54, 1.807) is 0 Å². The molecule has 25 heavy (non-hydrogen) atoms. The first-order valence-corrected chi connectivity index (χ1v) is 10.0. The van der Waals surface area contributed by atoms with Gasteiger partial charge in [0.15, 0.2) is 0 Å². The Morgan fingerprint density at radius 1 is 1.00 bits per heavy atom. The quantitative estimate of drug-likeness (QED) is 0.378. The second-order valence-corrected chi connectivity index (χ2v) is 8.22. The van der Waals surface area contributed by atoms with Gasteiger partial charge >= 0.3 is 0 Å². The number of hydrogen-bond acceptors (Lipinski definition) is 3. The molecule has 0 aliphatic carbocycles. The van der Waals surface area contributed by atoms with Crippen LogP contribution >= 0.6 is 0 Å². The van der Waals surface area contributed by atoms with Crippen LogP contribution in [0.3, 0.4) is 0 Å². The fraction of sp³-hybridized carbons (Fsp3) is 0.727. The Kier molecular flexibility index (Phi) is 9.34. The van der Waals surface area contributed by atoms with E-state index in [4.69, 9.17) is 10.5 Å². The molecule has 3 nitrogen and oxygen atoms in total. The summed E-state index contributed by atoms with van der Waals surface area (Å²) in [5.41, 5.74) is 8.66. The van der Waals surface area contributed by atoms with Crippen LogP contribution in [0.2, 0.25) is 0 Å². The minimum Gasteiger partial charge on any atom is -0.493 e. The van der Waals surface area contributed by atoms with Gasteiger partial charge in [-0.2, -0.15) is 0 Å². The zero-order chi connectivity index (χ0) is 18.9. The fourth-order valence-corrected chi connectivity index (χ4v) is 2.97. The van der Waals surface area contributed by atoms with Crippen LogP contribution in [-0.4, -0.2) is 11.7 Å². The van der Waals surface area contributed by atoms with Gasteiger partial charge in [0.1, 0.15) is 5.75 Å². The smallest absolute Gasteiger partial charge is 0.124 e. The molecule has 1 aromatic carbocycles. The van der Waals surface area contributed by atoms with Crippen LogP contribution < -0.4 is 10.5 Å². The molecule has 1 aromatic rings. The van der Waals surface area contributed by atoms with Crippen molar-refractivity contribution >= 4 is 5.69 Å². The monoisotopic (exact) mass is 349 g/mol. The van der Waals surface area contributed by atoms with E-state index in [2.05, 4.69) is 19.9 Å². The molecule has 0 radical (unpaired) electrons. The topological polar surface area (TPSA) is 55.5 Å². The predicted molar refractivity (Wildman–Crippen MR) is 108 cm³/mol. The van der Waals surface area contributed by atoms with E-state index in [9.17, 15) is 5.11 Å². The first-order chi connectivity index (χ1) is 11.8. The van der Waals surface area contributed by atoms with Crippen LogP contribution in [0.25, 0.3) is 0 Å². The number of rotatable bonds is 11. The van der Waals surface area contributed by atoms with Crippen LogP contribution in [-0.2, 0) is 6.42 Å². The van der Waals surface area contributed by atoms with Gasteiger partial charge in [-0.25, -0.2) is 0 Å². The third kappa shape index (κ3) is 7.27. The fourth-order valence-electron chi connectivity index (χ4n) is 2.97. The second-order valence-electron chi connectivity index (χ2n) is 8.22. The van der Waals surface area contributed by atoms with E-state index in [0.717, 1.165) is 37.2 Å². The van der Waals surface area contributed by atoms with E-state index in [1.807, 2.05) is 26.8 Å². The zero-order valence-corrected chi connectivity index (χ0v) is 17.0. The molecule has 144 valence electrons. The molecule has 0 aliphatic heterocycles. The maximum Gasteiger partial charge on any atom is 0.124 e. The molecule has 0 spiro atoms. The summed E-state index contributed by atoms with van der Waals surface area (Å²) in [4.78, 5) is 0. The molecule has 0 heterocycles. The summed E-state index contributed by atoms with van der Waals surface area (Å²) < 4.78 is 6.04. The van der Waals surface area contributed by atoms with Gasteiger partial charge in [0.2, 0.25) is 0 Å². The van der Waals surface area contributed by atoms with Crippen LogP contribution in [0.1, 0.15) is 96.8 Å². The summed E-state index contributed by atoms with van der Waals surface area (Å²) in [5.74, 6) is 0.898. The van der Waals surface area contributed by atoms with Crippen molar-refractivity contribution in [2.45, 2.75) is 92.1 Å². The predicted octanol–water partition coefficient (Wildman–Crippen LogP) is 6.04. The van der Waals surface area contributed by atoms with Crippen molar-refractivity contribution in [1.29, 1.82) is 0 Å². The van der Waals surface area contributed by atoms with Gasteiger partial charge in [-0.1, -0.05) is 66.7 Å². The number of ether oxygens (including phenoxy) is 1. The second kappa shape index (κ2) is 10.7. The first kappa shape index (κ1) is 21.8. The molecule has 0 aromatic heterocycles. The van der Waals surface area contributed by atoms with Crippen LogP contribution in [0.4, 0.5) is 5.69 Å². The van der Waals surface area contributed by atoms with Gasteiger partial charge in [-0.05, 0) is 36.3 Å². The molecule has 1 rings (SSSR count). The summed E-state index contributed by atoms with van der Waals surface area (Å²) >= 11 is 0. The highest BCUT2D eigenvalue weighted by Gasteiger charge is 2.26. The largest absolute Gasteiger partial charge is 0.493 e. The van der Waals surface area contributed by atoms with Gasteiger partial charge in [-0.3, -0.25) is 0 Å². The van der Waals surface area contributed by atoms with E-state index in [-0.39, 0.29) is 5.41 Å². The lowest BCUT2D eigenvalue weighted by atomic mass is 9.83. The van der Waals surface area contributed by atoms with Crippen molar-refractivity contribution in [1.82, 2.24) is 0 Å². The molecular weight excluding hydrogens is 310 g/mol. The summed E-state index contributed by atoms with van der Waals surface area (Å²) in [7, 11) is 0. The van der Waals surface area contributed by atoms with Crippen LogP contribution in [0.15, 0.2) is 12.1 Å². The highest BCUT2D eigenvalue weighted by atomic mass is 16.5. The van der Waals surface area contributed by atoms with Crippen LogP contribution in [0, 0.1) is 5.41 Å². The van der Waals surface area contributed by atoms with Gasteiger partial charge in [0.05, 0.1) is 12.7 Å². The number of aliphatic hydroxyl groups excluding tert-OH is 1. The average Bonchev–Trinajstić information content (AvgIpc) is 2.55. The molecular formula is C22H39NO2. The summed E-state index contributed by atoms with van der Waals surface area (Å²) in [5, 5.41) is 10.7. The third-order valence-electron chi connectivity index (χ3n) is 4.69. The summed E-state index contributed by atoms with van der Waals surface area (Å²) in [6, 6.07) is 4.00. The first-order valence-electron chi connectivity index (χ1n) is 10.0. The molecule has 1 unspecified atom stereocenters. The Bertz CT molecular complexity index is 505. The lowest BCUT2D eigenvalue weighted by Gasteiger charge is -2.28. The molecule has 0 bridgehead atoms. The number of anilines is 1. The lowest BCUT2D eigenvalue weighted by molar-refractivity contribution is 0.0632. The van der Waals surface area contributed by atoms with E-state index >= 15 is 0 Å². The Labute approximate surface area is 155 Å². The van der Waals surface area contributed by atoms with E-state index in [0.29, 0.717) is 5.69 Å². The molecule has 0 amide bonds. The van der Waals surface area contributed by atoms with Crippen LogP contribution in [0.5, 0.6) is 5.75 Å². The molecule has 0 saturated heterocycles. The van der Waals surface area contributed by atoms with Crippen molar-refractivity contribution < 1.29 is 9.84 Å². The number of benzene rings is 1. The Morgan fingerprint density at radius 3 is 2.24 bits per heavy atom. The number of hydrogen-bond donors (Lipinski definition) is 2. The molecule has 1 atom stereocenters. The van der Waals surface area contributed by atoms with Crippen molar-refractivity contribution in [3.05, 3.63) is 23.3 Å². The van der Waals surface area contributed by atoms with E-state index in [1.165, 1.54) is 37.7 Å². The number of aliphatic hydroxyl groups is 1. The number of unbranched alkanes of at least 4 members (excludes halogenated alkanes) is 5. The van der Waals surface area contributed by atoms with E-state index < -0.39 is 6.10 Å². The molecule has 3 heteroatoms. The third-order valence-corrected chi connectivity index (χ3v) is 4.69. The highest BCUT2D eigenvalue weighted by Crippen LogP contribution is 2.38. The molecule has 3 N–H and O–H groups in total. The molecule has 0 fully saturated rings. The number of aryl methyl sites for hydroxylation is 1. The molecule has 0 saturated carbocycles. The summed E-state index contributed by atoms with van der Waals surface area (Å²) in [6.45, 7) is 11.3. The van der Waals surface area contributed by atoms with Gasteiger partial charge in [0, 0.05) is 17.3 Å².